The van der Waals surface area contributed by atoms with E-state index in [-0.39, 0.29) is 18.0 Å². The number of carbonyl (C=O) groups is 1. The molecule has 2 aromatic carbocycles. The summed E-state index contributed by atoms with van der Waals surface area (Å²) in [6, 6.07) is 17.3. The maximum absolute atomic E-state index is 12.8. The van der Waals surface area contributed by atoms with E-state index in [1.807, 2.05) is 24.3 Å². The van der Waals surface area contributed by atoms with Gasteiger partial charge in [0.15, 0.2) is 0 Å². The molecule has 1 N–H and O–H groups in total. The van der Waals surface area contributed by atoms with Crippen molar-refractivity contribution in [2.75, 3.05) is 13.1 Å². The molecule has 1 saturated heterocycles. The first-order valence-electron chi connectivity index (χ1n) is 9.94. The summed E-state index contributed by atoms with van der Waals surface area (Å²) in [7, 11) is 0. The number of hydrogen-bond acceptors (Lipinski definition) is 4. The lowest BCUT2D eigenvalue weighted by molar-refractivity contribution is -0.136. The summed E-state index contributed by atoms with van der Waals surface area (Å²) >= 11 is 11.9. The van der Waals surface area contributed by atoms with Crippen LogP contribution in [0.3, 0.4) is 0 Å². The van der Waals surface area contributed by atoms with Gasteiger partial charge in [0.05, 0.1) is 11.3 Å². The second kappa shape index (κ2) is 8.83. The van der Waals surface area contributed by atoms with Gasteiger partial charge >= 0.3 is 0 Å². The number of rotatable bonds is 4. The van der Waals surface area contributed by atoms with Gasteiger partial charge < -0.3 is 10.0 Å². The summed E-state index contributed by atoms with van der Waals surface area (Å²) in [6.45, 7) is 0.632. The van der Waals surface area contributed by atoms with Crippen molar-refractivity contribution in [3.8, 4) is 11.3 Å². The third-order valence-electron chi connectivity index (χ3n) is 5.62. The van der Waals surface area contributed by atoms with Gasteiger partial charge in [0.25, 0.3) is 5.56 Å². The molecule has 160 valence electrons. The van der Waals surface area contributed by atoms with E-state index in [0.717, 1.165) is 11.1 Å². The van der Waals surface area contributed by atoms with Gasteiger partial charge in [0, 0.05) is 34.8 Å². The molecule has 8 heteroatoms. The fraction of sp³-hybridized carbons (Fsp3) is 0.261. The van der Waals surface area contributed by atoms with Gasteiger partial charge in [-0.2, -0.15) is 5.10 Å². The average molecular weight is 458 g/mol. The Hall–Kier alpha value is -2.67. The Labute approximate surface area is 189 Å². The van der Waals surface area contributed by atoms with Crippen LogP contribution in [0.1, 0.15) is 18.4 Å². The van der Waals surface area contributed by atoms with Crippen LogP contribution in [0.15, 0.2) is 65.5 Å². The van der Waals surface area contributed by atoms with Crippen LogP contribution in [0.2, 0.25) is 10.0 Å². The summed E-state index contributed by atoms with van der Waals surface area (Å²) < 4.78 is 1.17. The van der Waals surface area contributed by atoms with Gasteiger partial charge in [-0.15, -0.1) is 0 Å². The monoisotopic (exact) mass is 457 g/mol. The highest BCUT2D eigenvalue weighted by Gasteiger charge is 2.35. The molecule has 2 heterocycles. The van der Waals surface area contributed by atoms with E-state index >= 15 is 0 Å². The van der Waals surface area contributed by atoms with Crippen LogP contribution in [0, 0.1) is 0 Å². The summed E-state index contributed by atoms with van der Waals surface area (Å²) in [5.41, 5.74) is 0.833. The molecule has 6 nitrogen and oxygen atoms in total. The molecule has 1 aliphatic rings. The topological polar surface area (TPSA) is 75.4 Å². The van der Waals surface area contributed by atoms with E-state index in [0.29, 0.717) is 41.7 Å². The molecule has 4 rings (SSSR count). The van der Waals surface area contributed by atoms with Crippen LogP contribution < -0.4 is 5.56 Å². The molecule has 1 aromatic heterocycles. The third kappa shape index (κ3) is 4.82. The Kier molecular flexibility index (Phi) is 6.14. The number of likely N-dealkylation sites (tertiary alicyclic amines) is 1. The minimum atomic E-state index is -0.995. The van der Waals surface area contributed by atoms with Crippen molar-refractivity contribution < 1.29 is 9.90 Å². The molecule has 1 fully saturated rings. The predicted molar refractivity (Wildman–Crippen MR) is 120 cm³/mol. The molecule has 0 bridgehead atoms. The van der Waals surface area contributed by atoms with Crippen molar-refractivity contribution in [3.05, 3.63) is 86.6 Å². The smallest absolute Gasteiger partial charge is 0.267 e. The summed E-state index contributed by atoms with van der Waals surface area (Å²) in [5, 5.41) is 16.6. The number of nitrogens with zero attached hydrogens (tertiary/aromatic N) is 3. The van der Waals surface area contributed by atoms with Crippen molar-refractivity contribution in [1.82, 2.24) is 14.7 Å². The highest BCUT2D eigenvalue weighted by Crippen LogP contribution is 2.33. The van der Waals surface area contributed by atoms with E-state index in [1.54, 1.807) is 35.2 Å². The zero-order valence-corrected chi connectivity index (χ0v) is 18.2. The number of hydrogen-bond donors (Lipinski definition) is 1. The van der Waals surface area contributed by atoms with E-state index in [4.69, 9.17) is 23.2 Å². The largest absolute Gasteiger partial charge is 0.385 e. The molecular weight excluding hydrogens is 437 g/mol. The number of aromatic nitrogens is 2. The quantitative estimate of drug-likeness (QED) is 0.647. The molecule has 0 atom stereocenters. The normalized spacial score (nSPS) is 15.6. The highest BCUT2D eigenvalue weighted by molar-refractivity contribution is 6.30. The lowest BCUT2D eigenvalue weighted by Crippen LogP contribution is -2.47. The van der Waals surface area contributed by atoms with E-state index in [2.05, 4.69) is 5.10 Å². The zero-order valence-electron chi connectivity index (χ0n) is 16.7. The summed E-state index contributed by atoms with van der Waals surface area (Å²) in [6.07, 6.45) is 0.820. The second-order valence-corrected chi connectivity index (χ2v) is 8.51. The predicted octanol–water partition coefficient (Wildman–Crippen LogP) is 3.73. The lowest BCUT2D eigenvalue weighted by atomic mass is 9.84. The van der Waals surface area contributed by atoms with Crippen LogP contribution in [0.4, 0.5) is 0 Å². The Bertz CT molecular complexity index is 1140. The first-order chi connectivity index (χ1) is 14.8. The fourth-order valence-corrected chi connectivity index (χ4v) is 3.99. The van der Waals surface area contributed by atoms with Crippen LogP contribution in [0.5, 0.6) is 0 Å². The molecular formula is C23H21Cl2N3O3. The fourth-order valence-electron chi connectivity index (χ4n) is 3.74. The van der Waals surface area contributed by atoms with Gasteiger partial charge in [-0.1, -0.05) is 47.5 Å². The lowest BCUT2D eigenvalue weighted by Gasteiger charge is -2.38. The standard InChI is InChI=1S/C23H21Cl2N3O3/c24-18-5-1-16(2-6-18)20-9-10-21(29)28(26-20)15-22(30)27-13-11-23(31,12-14-27)17-3-7-19(25)8-4-17/h1-10,31H,11-15H2. The van der Waals surface area contributed by atoms with Gasteiger partial charge in [0.1, 0.15) is 6.54 Å². The first-order valence-corrected chi connectivity index (χ1v) is 10.7. The molecule has 0 aliphatic carbocycles. The van der Waals surface area contributed by atoms with Crippen molar-refractivity contribution in [2.24, 2.45) is 0 Å². The van der Waals surface area contributed by atoms with E-state index < -0.39 is 5.60 Å². The first kappa shape index (κ1) is 21.6. The summed E-state index contributed by atoms with van der Waals surface area (Å²) in [5.74, 6) is -0.207. The van der Waals surface area contributed by atoms with Crippen LogP contribution in [-0.4, -0.2) is 38.8 Å². The van der Waals surface area contributed by atoms with Crippen molar-refractivity contribution in [2.45, 2.75) is 25.0 Å². The van der Waals surface area contributed by atoms with E-state index in [9.17, 15) is 14.7 Å². The number of piperidine rings is 1. The Morgan fingerprint density at radius 1 is 0.935 bits per heavy atom. The number of carbonyl (C=O) groups excluding carboxylic acids is 1. The molecule has 0 saturated carbocycles. The van der Waals surface area contributed by atoms with Gasteiger partial charge in [-0.25, -0.2) is 4.68 Å². The molecule has 3 aromatic rings. The Morgan fingerprint density at radius 3 is 2.13 bits per heavy atom. The number of aliphatic hydroxyl groups is 1. The second-order valence-electron chi connectivity index (χ2n) is 7.64. The maximum atomic E-state index is 12.8. The molecule has 1 aliphatic heterocycles. The number of halogens is 2. The number of amides is 1. The molecule has 0 radical (unpaired) electrons. The SMILES string of the molecule is O=C(Cn1nc(-c2ccc(Cl)cc2)ccc1=O)N1CCC(O)(c2ccc(Cl)cc2)CC1. The third-order valence-corrected chi connectivity index (χ3v) is 6.12. The Balaban J connectivity index is 1.44. The van der Waals surface area contributed by atoms with Crippen LogP contribution in [-0.2, 0) is 16.9 Å². The molecule has 0 unspecified atom stereocenters. The number of benzene rings is 2. The van der Waals surface area contributed by atoms with Crippen molar-refractivity contribution >= 4 is 29.1 Å². The van der Waals surface area contributed by atoms with Gasteiger partial charge in [-0.05, 0) is 48.7 Å². The van der Waals surface area contributed by atoms with Crippen LogP contribution in [0.25, 0.3) is 11.3 Å². The van der Waals surface area contributed by atoms with Crippen molar-refractivity contribution in [1.29, 1.82) is 0 Å². The maximum Gasteiger partial charge on any atom is 0.267 e. The molecule has 0 spiro atoms. The minimum Gasteiger partial charge on any atom is -0.385 e. The average Bonchev–Trinajstić information content (AvgIpc) is 2.77. The molecule has 31 heavy (non-hydrogen) atoms. The summed E-state index contributed by atoms with van der Waals surface area (Å²) in [4.78, 5) is 26.7. The van der Waals surface area contributed by atoms with Gasteiger partial charge in [0.2, 0.25) is 5.91 Å². The van der Waals surface area contributed by atoms with Crippen molar-refractivity contribution in [3.63, 3.8) is 0 Å². The highest BCUT2D eigenvalue weighted by atomic mass is 35.5. The van der Waals surface area contributed by atoms with E-state index in [1.165, 1.54) is 10.7 Å². The van der Waals surface area contributed by atoms with Gasteiger partial charge in [-0.3, -0.25) is 9.59 Å². The Morgan fingerprint density at radius 2 is 1.52 bits per heavy atom. The molecule has 1 amide bonds. The minimum absolute atomic E-state index is 0.153. The van der Waals surface area contributed by atoms with Crippen LogP contribution >= 0.6 is 23.2 Å². The zero-order chi connectivity index (χ0) is 22.0.